The molecule has 8 nitrogen and oxygen atoms in total. The van der Waals surface area contributed by atoms with E-state index in [1.165, 1.54) is 0 Å². The fourth-order valence-corrected chi connectivity index (χ4v) is 3.24. The number of aromatic nitrogens is 3. The number of piperidine rings is 1. The van der Waals surface area contributed by atoms with Crippen LogP contribution < -0.4 is 10.6 Å². The van der Waals surface area contributed by atoms with Crippen LogP contribution in [0.15, 0.2) is 24.4 Å². The molecule has 1 aliphatic rings. The van der Waals surface area contributed by atoms with Crippen molar-refractivity contribution in [2.24, 2.45) is 0 Å². The number of nitrogens with zero attached hydrogens (tertiary/aromatic N) is 3. The van der Waals surface area contributed by atoms with Gasteiger partial charge in [-0.15, -0.1) is 17.5 Å². The Morgan fingerprint density at radius 1 is 1.28 bits per heavy atom. The van der Waals surface area contributed by atoms with Crippen LogP contribution >= 0.6 is 12.4 Å². The van der Waals surface area contributed by atoms with E-state index < -0.39 is 0 Å². The monoisotopic (exact) mass is 423 g/mol. The van der Waals surface area contributed by atoms with Crippen molar-refractivity contribution in [1.29, 1.82) is 0 Å². The summed E-state index contributed by atoms with van der Waals surface area (Å²) < 4.78 is 12.7. The molecule has 2 N–H and O–H groups in total. The molecule has 9 heteroatoms. The first kappa shape index (κ1) is 23.3. The normalized spacial score (nSPS) is 14.4. The molecular weight excluding hydrogens is 394 g/mol. The van der Waals surface area contributed by atoms with Gasteiger partial charge in [-0.1, -0.05) is 17.3 Å². The molecule has 0 bridgehead atoms. The van der Waals surface area contributed by atoms with Crippen LogP contribution in [0.5, 0.6) is 0 Å². The van der Waals surface area contributed by atoms with Gasteiger partial charge < -0.3 is 20.1 Å². The zero-order valence-electron chi connectivity index (χ0n) is 17.0. The Labute approximate surface area is 177 Å². The Morgan fingerprint density at radius 3 is 2.79 bits per heavy atom. The van der Waals surface area contributed by atoms with Gasteiger partial charge in [0.25, 0.3) is 5.91 Å². The van der Waals surface area contributed by atoms with Crippen molar-refractivity contribution in [2.45, 2.75) is 39.3 Å². The van der Waals surface area contributed by atoms with Gasteiger partial charge in [0.15, 0.2) is 5.69 Å². The molecule has 1 fully saturated rings. The molecule has 2 heterocycles. The average molecular weight is 424 g/mol. The molecule has 3 rings (SSSR count). The maximum absolute atomic E-state index is 12.6. The summed E-state index contributed by atoms with van der Waals surface area (Å²) in [7, 11) is 0. The summed E-state index contributed by atoms with van der Waals surface area (Å²) in [6.45, 7) is 8.16. The van der Waals surface area contributed by atoms with E-state index in [4.69, 9.17) is 9.47 Å². The van der Waals surface area contributed by atoms with E-state index in [1.807, 2.05) is 36.7 Å². The van der Waals surface area contributed by atoms with E-state index in [2.05, 4.69) is 20.9 Å². The molecule has 0 spiro atoms. The van der Waals surface area contributed by atoms with Crippen LogP contribution in [0.3, 0.4) is 0 Å². The Bertz CT molecular complexity index is 777. The van der Waals surface area contributed by atoms with Crippen molar-refractivity contribution < 1.29 is 14.3 Å². The first-order chi connectivity index (χ1) is 13.7. The molecule has 1 aliphatic heterocycles. The zero-order valence-corrected chi connectivity index (χ0v) is 17.8. The smallest absolute Gasteiger partial charge is 0.277 e. The summed E-state index contributed by atoms with van der Waals surface area (Å²) in [5, 5.41) is 14.5. The zero-order chi connectivity index (χ0) is 19.8. The number of anilines is 1. The summed E-state index contributed by atoms with van der Waals surface area (Å²) in [5.41, 5.74) is 3.11. The third-order valence-corrected chi connectivity index (χ3v) is 4.95. The fourth-order valence-electron chi connectivity index (χ4n) is 3.24. The van der Waals surface area contributed by atoms with E-state index in [0.717, 1.165) is 42.7 Å². The molecule has 0 atom stereocenters. The Kier molecular flexibility index (Phi) is 9.53. The predicted octanol–water partition coefficient (Wildman–Crippen LogP) is 2.74. The minimum absolute atomic E-state index is 0. The molecule has 1 saturated heterocycles. The van der Waals surface area contributed by atoms with Gasteiger partial charge in [-0.25, -0.2) is 4.68 Å². The van der Waals surface area contributed by atoms with Gasteiger partial charge in [-0.05, 0) is 57.0 Å². The van der Waals surface area contributed by atoms with Crippen molar-refractivity contribution in [3.05, 3.63) is 41.2 Å². The molecule has 1 aromatic heterocycles. The standard InChI is InChI=1S/C20H29N5O3.ClH/c1-3-27-11-12-28-14-16-5-4-6-18(15(16)2)22-20(26)19-13-25(24-23-19)17-7-9-21-10-8-17;/h4-6,13,17,21H,3,7-12,14H2,1-2H3,(H,22,26);1H. The van der Waals surface area contributed by atoms with Gasteiger partial charge in [-0.3, -0.25) is 4.79 Å². The molecule has 0 saturated carbocycles. The van der Waals surface area contributed by atoms with E-state index in [9.17, 15) is 4.79 Å². The van der Waals surface area contributed by atoms with Crippen LogP contribution in [-0.4, -0.2) is 53.8 Å². The Morgan fingerprint density at radius 2 is 2.03 bits per heavy atom. The highest BCUT2D eigenvalue weighted by Gasteiger charge is 2.19. The Hall–Kier alpha value is -2.00. The lowest BCUT2D eigenvalue weighted by Gasteiger charge is -2.22. The fraction of sp³-hybridized carbons (Fsp3) is 0.550. The molecule has 29 heavy (non-hydrogen) atoms. The van der Waals surface area contributed by atoms with Crippen LogP contribution in [0.25, 0.3) is 0 Å². The lowest BCUT2D eigenvalue weighted by atomic mass is 10.1. The number of nitrogens with one attached hydrogen (secondary N) is 2. The molecule has 160 valence electrons. The van der Waals surface area contributed by atoms with Crippen molar-refractivity contribution in [3.8, 4) is 0 Å². The lowest BCUT2D eigenvalue weighted by molar-refractivity contribution is 0.0451. The summed E-state index contributed by atoms with van der Waals surface area (Å²) in [6, 6.07) is 6.09. The number of carbonyl (C=O) groups is 1. The second kappa shape index (κ2) is 11.9. The number of hydrogen-bond acceptors (Lipinski definition) is 6. The van der Waals surface area contributed by atoms with Gasteiger partial charge in [0.05, 0.1) is 32.1 Å². The number of benzene rings is 1. The number of ether oxygens (including phenoxy) is 2. The number of rotatable bonds is 9. The summed E-state index contributed by atoms with van der Waals surface area (Å²) >= 11 is 0. The minimum atomic E-state index is -0.252. The highest BCUT2D eigenvalue weighted by molar-refractivity contribution is 6.03. The molecule has 0 unspecified atom stereocenters. The quantitative estimate of drug-likeness (QED) is 0.603. The van der Waals surface area contributed by atoms with E-state index in [1.54, 1.807) is 6.20 Å². The summed E-state index contributed by atoms with van der Waals surface area (Å²) in [5.74, 6) is -0.252. The lowest BCUT2D eigenvalue weighted by Crippen LogP contribution is -2.29. The minimum Gasteiger partial charge on any atom is -0.379 e. The van der Waals surface area contributed by atoms with Crippen LogP contribution in [0.2, 0.25) is 0 Å². The van der Waals surface area contributed by atoms with E-state index >= 15 is 0 Å². The second-order valence-electron chi connectivity index (χ2n) is 6.86. The average Bonchev–Trinajstić information content (AvgIpc) is 3.21. The van der Waals surface area contributed by atoms with Gasteiger partial charge in [-0.2, -0.15) is 0 Å². The van der Waals surface area contributed by atoms with Crippen LogP contribution in [0.4, 0.5) is 5.69 Å². The predicted molar refractivity (Wildman–Crippen MR) is 114 cm³/mol. The first-order valence-electron chi connectivity index (χ1n) is 9.87. The first-order valence-corrected chi connectivity index (χ1v) is 9.87. The van der Waals surface area contributed by atoms with Gasteiger partial charge in [0.2, 0.25) is 0 Å². The molecule has 0 aliphatic carbocycles. The second-order valence-corrected chi connectivity index (χ2v) is 6.86. The third kappa shape index (κ3) is 6.50. The van der Waals surface area contributed by atoms with Crippen LogP contribution in [0.1, 0.15) is 47.4 Å². The van der Waals surface area contributed by atoms with Crippen molar-refractivity contribution >= 4 is 24.0 Å². The topological polar surface area (TPSA) is 90.3 Å². The van der Waals surface area contributed by atoms with Gasteiger partial charge in [0.1, 0.15) is 0 Å². The molecule has 2 aromatic rings. The highest BCUT2D eigenvalue weighted by Crippen LogP contribution is 2.21. The maximum Gasteiger partial charge on any atom is 0.277 e. The van der Waals surface area contributed by atoms with Gasteiger partial charge >= 0.3 is 0 Å². The van der Waals surface area contributed by atoms with Crippen molar-refractivity contribution in [2.75, 3.05) is 38.2 Å². The Balaban J connectivity index is 0.00000300. The van der Waals surface area contributed by atoms with Gasteiger partial charge in [0, 0.05) is 12.3 Å². The highest BCUT2D eigenvalue weighted by atomic mass is 35.5. The van der Waals surface area contributed by atoms with Crippen LogP contribution in [0, 0.1) is 6.92 Å². The van der Waals surface area contributed by atoms with Crippen molar-refractivity contribution in [3.63, 3.8) is 0 Å². The van der Waals surface area contributed by atoms with Crippen molar-refractivity contribution in [1.82, 2.24) is 20.3 Å². The number of hydrogen-bond donors (Lipinski definition) is 2. The number of amides is 1. The van der Waals surface area contributed by atoms with E-state index in [0.29, 0.717) is 38.2 Å². The SMILES string of the molecule is CCOCCOCc1cccc(NC(=O)c2cn(C3CCNCC3)nn2)c1C.Cl. The summed E-state index contributed by atoms with van der Waals surface area (Å²) in [4.78, 5) is 12.6. The third-order valence-electron chi connectivity index (χ3n) is 4.95. The van der Waals surface area contributed by atoms with E-state index in [-0.39, 0.29) is 18.3 Å². The largest absolute Gasteiger partial charge is 0.379 e. The van der Waals surface area contributed by atoms with Crippen LogP contribution in [-0.2, 0) is 16.1 Å². The number of halogens is 1. The molecule has 1 amide bonds. The maximum atomic E-state index is 12.6. The number of carbonyl (C=O) groups excluding carboxylic acids is 1. The summed E-state index contributed by atoms with van der Waals surface area (Å²) in [6.07, 6.45) is 3.73. The molecule has 0 radical (unpaired) electrons. The molecule has 1 aromatic carbocycles. The molecular formula is C20H30ClN5O3.